The Kier molecular flexibility index (Phi) is 9.36. The third-order valence-electron chi connectivity index (χ3n) is 6.19. The van der Waals surface area contributed by atoms with E-state index < -0.39 is 27.6 Å². The number of amides is 1. The monoisotopic (exact) mass is 572 g/mol. The molecule has 1 amide bonds. The number of sulfonamides is 1. The average molecular weight is 573 g/mol. The van der Waals surface area contributed by atoms with Crippen LogP contribution in [0.15, 0.2) is 65.7 Å². The first-order valence-electron chi connectivity index (χ1n) is 12.8. The van der Waals surface area contributed by atoms with E-state index in [0.717, 1.165) is 43.1 Å². The molecule has 0 fully saturated rings. The number of fused-ring (bicyclic) bond motifs is 1. The minimum absolute atomic E-state index is 0.0316. The summed E-state index contributed by atoms with van der Waals surface area (Å²) in [6.45, 7) is 4.93. The molecule has 4 rings (SSSR count). The number of aromatic nitrogens is 2. The number of unbranched alkanes of at least 4 members (excludes halogenated alkanes) is 2. The normalized spacial score (nSPS) is 11.8. The predicted octanol–water partition coefficient (Wildman–Crippen LogP) is 6.41. The van der Waals surface area contributed by atoms with Gasteiger partial charge in [-0.05, 0) is 55.3 Å². The van der Waals surface area contributed by atoms with Gasteiger partial charge in [-0.25, -0.2) is 22.2 Å². The fourth-order valence-corrected chi connectivity index (χ4v) is 6.56. The molecule has 11 heteroatoms. The summed E-state index contributed by atoms with van der Waals surface area (Å²) in [5, 5.41) is 0.173. The highest BCUT2D eigenvalue weighted by Crippen LogP contribution is 2.33. The molecule has 7 nitrogen and oxygen atoms in total. The lowest BCUT2D eigenvalue weighted by atomic mass is 10.2. The molecule has 0 aliphatic carbocycles. The standard InChI is InChI=1S/C28H30F2N4O3S2/c1-3-5-15-33(16-6-4-2)39(36,37)23-12-10-20(11-13-23)27(35)34(19-22-9-7-8-14-31-22)28-32-26-24(30)17-21(29)18-25(26)38-28/h7-14,17-18H,3-6,15-16,19H2,1-2H3. The Labute approximate surface area is 231 Å². The molecule has 2 aromatic carbocycles. The Bertz CT molecular complexity index is 1520. The minimum Gasteiger partial charge on any atom is -0.278 e. The molecule has 0 aliphatic rings. The molecule has 0 spiro atoms. The number of pyridine rings is 1. The summed E-state index contributed by atoms with van der Waals surface area (Å²) < 4.78 is 56.6. The number of hydrogen-bond acceptors (Lipinski definition) is 6. The van der Waals surface area contributed by atoms with E-state index >= 15 is 0 Å². The SMILES string of the molecule is CCCCN(CCCC)S(=O)(=O)c1ccc(C(=O)N(Cc2ccccn2)c2nc3c(F)cc(F)cc3s2)cc1. The highest BCUT2D eigenvalue weighted by Gasteiger charge is 2.26. The molecular formula is C28H30F2N4O3S2. The average Bonchev–Trinajstić information content (AvgIpc) is 3.36. The van der Waals surface area contributed by atoms with Crippen LogP contribution in [0.25, 0.3) is 10.2 Å². The van der Waals surface area contributed by atoms with Crippen LogP contribution in [0, 0.1) is 11.6 Å². The topological polar surface area (TPSA) is 83.5 Å². The smallest absolute Gasteiger partial charge is 0.260 e. The van der Waals surface area contributed by atoms with Gasteiger partial charge in [0, 0.05) is 30.9 Å². The van der Waals surface area contributed by atoms with Crippen molar-refractivity contribution in [2.24, 2.45) is 0 Å². The summed E-state index contributed by atoms with van der Waals surface area (Å²) in [6.07, 6.45) is 4.86. The Morgan fingerprint density at radius 3 is 2.28 bits per heavy atom. The maximum atomic E-state index is 14.4. The van der Waals surface area contributed by atoms with Gasteiger partial charge in [-0.15, -0.1) is 0 Å². The number of nitrogens with zero attached hydrogens (tertiary/aromatic N) is 4. The van der Waals surface area contributed by atoms with Gasteiger partial charge in [-0.1, -0.05) is 44.1 Å². The van der Waals surface area contributed by atoms with E-state index in [1.807, 2.05) is 13.8 Å². The van der Waals surface area contributed by atoms with Gasteiger partial charge in [-0.2, -0.15) is 4.31 Å². The zero-order chi connectivity index (χ0) is 28.0. The molecule has 2 aromatic heterocycles. The van der Waals surface area contributed by atoms with E-state index in [2.05, 4.69) is 9.97 Å². The third-order valence-corrected chi connectivity index (χ3v) is 9.12. The van der Waals surface area contributed by atoms with Crippen LogP contribution < -0.4 is 4.90 Å². The fraction of sp³-hybridized carbons (Fsp3) is 0.321. The van der Waals surface area contributed by atoms with Crippen LogP contribution in [0.4, 0.5) is 13.9 Å². The van der Waals surface area contributed by atoms with Crippen LogP contribution in [0.1, 0.15) is 55.6 Å². The highest BCUT2D eigenvalue weighted by molar-refractivity contribution is 7.89. The van der Waals surface area contributed by atoms with E-state index in [1.165, 1.54) is 39.5 Å². The van der Waals surface area contributed by atoms with Crippen LogP contribution >= 0.6 is 11.3 Å². The van der Waals surface area contributed by atoms with Gasteiger partial charge in [0.15, 0.2) is 10.9 Å². The largest absolute Gasteiger partial charge is 0.278 e. The zero-order valence-corrected chi connectivity index (χ0v) is 23.4. The number of carbonyl (C=O) groups is 1. The van der Waals surface area contributed by atoms with Crippen LogP contribution in [-0.4, -0.2) is 41.7 Å². The Morgan fingerprint density at radius 2 is 1.67 bits per heavy atom. The Balaban J connectivity index is 1.67. The second-order valence-electron chi connectivity index (χ2n) is 9.08. The molecule has 206 valence electrons. The van der Waals surface area contributed by atoms with E-state index in [-0.39, 0.29) is 32.4 Å². The third kappa shape index (κ3) is 6.66. The maximum absolute atomic E-state index is 14.4. The van der Waals surface area contributed by atoms with Crippen molar-refractivity contribution in [1.29, 1.82) is 0 Å². The lowest BCUT2D eigenvalue weighted by Crippen LogP contribution is -2.33. The zero-order valence-electron chi connectivity index (χ0n) is 21.8. The number of hydrogen-bond donors (Lipinski definition) is 0. The molecule has 0 unspecified atom stereocenters. The van der Waals surface area contributed by atoms with Gasteiger partial charge in [0.2, 0.25) is 10.0 Å². The first kappa shape index (κ1) is 28.7. The van der Waals surface area contributed by atoms with Crippen molar-refractivity contribution >= 4 is 42.6 Å². The second-order valence-corrected chi connectivity index (χ2v) is 12.0. The van der Waals surface area contributed by atoms with Gasteiger partial charge < -0.3 is 0 Å². The van der Waals surface area contributed by atoms with Crippen molar-refractivity contribution in [1.82, 2.24) is 14.3 Å². The number of rotatable bonds is 12. The van der Waals surface area contributed by atoms with Crippen LogP contribution in [0.3, 0.4) is 0 Å². The van der Waals surface area contributed by atoms with Gasteiger partial charge in [0.1, 0.15) is 11.3 Å². The van der Waals surface area contributed by atoms with Crippen molar-refractivity contribution in [3.05, 3.63) is 83.7 Å². The highest BCUT2D eigenvalue weighted by atomic mass is 32.2. The molecule has 0 atom stereocenters. The summed E-state index contributed by atoms with van der Waals surface area (Å²) in [6, 6.07) is 13.0. The fourth-order valence-electron chi connectivity index (χ4n) is 4.04. The molecule has 0 radical (unpaired) electrons. The van der Waals surface area contributed by atoms with E-state index in [0.29, 0.717) is 18.8 Å². The van der Waals surface area contributed by atoms with Crippen molar-refractivity contribution < 1.29 is 22.0 Å². The summed E-state index contributed by atoms with van der Waals surface area (Å²) in [5.41, 5.74) is 0.763. The molecule has 0 aliphatic heterocycles. The summed E-state index contributed by atoms with van der Waals surface area (Å²) >= 11 is 0.986. The molecule has 0 saturated heterocycles. The van der Waals surface area contributed by atoms with Crippen LogP contribution in [0.5, 0.6) is 0 Å². The first-order chi connectivity index (χ1) is 18.7. The first-order valence-corrected chi connectivity index (χ1v) is 15.1. The van der Waals surface area contributed by atoms with Crippen LogP contribution in [-0.2, 0) is 16.6 Å². The number of anilines is 1. The molecule has 39 heavy (non-hydrogen) atoms. The van der Waals surface area contributed by atoms with E-state index in [4.69, 9.17) is 0 Å². The summed E-state index contributed by atoms with van der Waals surface area (Å²) in [5.74, 6) is -2.03. The molecule has 2 heterocycles. The second kappa shape index (κ2) is 12.7. The summed E-state index contributed by atoms with van der Waals surface area (Å²) in [7, 11) is -3.72. The van der Waals surface area contributed by atoms with Gasteiger partial charge in [-0.3, -0.25) is 14.7 Å². The lowest BCUT2D eigenvalue weighted by molar-refractivity contribution is 0.0984. The van der Waals surface area contributed by atoms with Gasteiger partial charge >= 0.3 is 0 Å². The van der Waals surface area contributed by atoms with E-state index in [1.54, 1.807) is 24.4 Å². The van der Waals surface area contributed by atoms with Gasteiger partial charge in [0.25, 0.3) is 5.91 Å². The van der Waals surface area contributed by atoms with Crippen molar-refractivity contribution in [2.75, 3.05) is 18.0 Å². The van der Waals surface area contributed by atoms with Gasteiger partial charge in [0.05, 0.1) is 21.8 Å². The van der Waals surface area contributed by atoms with Crippen molar-refractivity contribution in [2.45, 2.75) is 51.0 Å². The summed E-state index contributed by atoms with van der Waals surface area (Å²) in [4.78, 5) is 23.7. The number of thiazole rings is 1. The number of benzene rings is 2. The van der Waals surface area contributed by atoms with Crippen molar-refractivity contribution in [3.8, 4) is 0 Å². The molecule has 4 aromatic rings. The number of carbonyl (C=O) groups excluding carboxylic acids is 1. The van der Waals surface area contributed by atoms with E-state index in [9.17, 15) is 22.0 Å². The minimum atomic E-state index is -3.72. The Morgan fingerprint density at radius 1 is 0.974 bits per heavy atom. The molecule has 0 N–H and O–H groups in total. The van der Waals surface area contributed by atoms with Crippen molar-refractivity contribution in [3.63, 3.8) is 0 Å². The van der Waals surface area contributed by atoms with Crippen LogP contribution in [0.2, 0.25) is 0 Å². The maximum Gasteiger partial charge on any atom is 0.260 e. The Hall–Kier alpha value is -3.28. The molecular weight excluding hydrogens is 542 g/mol. The predicted molar refractivity (Wildman–Crippen MR) is 149 cm³/mol. The molecule has 0 saturated carbocycles. The number of halogens is 2. The quantitative estimate of drug-likeness (QED) is 0.196. The molecule has 0 bridgehead atoms. The lowest BCUT2D eigenvalue weighted by Gasteiger charge is -2.22.